The van der Waals surface area contributed by atoms with Gasteiger partial charge >= 0.3 is 5.96 Å². The third-order valence-corrected chi connectivity index (χ3v) is 3.14. The summed E-state index contributed by atoms with van der Waals surface area (Å²) in [5, 5.41) is 0. The zero-order chi connectivity index (χ0) is 12.6. The third-order valence-electron chi connectivity index (χ3n) is 3.14. The smallest absolute Gasteiger partial charge is 0.350 e. The summed E-state index contributed by atoms with van der Waals surface area (Å²) in [6.45, 7) is 19.9. The average molecular weight is 355 g/mol. The van der Waals surface area contributed by atoms with Crippen LogP contribution in [0.2, 0.25) is 0 Å². The summed E-state index contributed by atoms with van der Waals surface area (Å²) in [5.41, 5.74) is 0. The molecule has 0 unspecified atom stereocenters. The molecular formula is C13H30IN3. The number of guanidine groups is 1. The summed E-state index contributed by atoms with van der Waals surface area (Å²) in [6.07, 6.45) is 0. The topological polar surface area (TPSA) is 9.49 Å². The van der Waals surface area contributed by atoms with Crippen LogP contribution in [0.15, 0.2) is 0 Å². The molecule has 0 spiro atoms. The first kappa shape index (κ1) is 19.3. The summed E-state index contributed by atoms with van der Waals surface area (Å²) >= 11 is 0. The van der Waals surface area contributed by atoms with Gasteiger partial charge in [0.25, 0.3) is 0 Å². The van der Waals surface area contributed by atoms with E-state index in [2.05, 4.69) is 55.9 Å². The van der Waals surface area contributed by atoms with Crippen LogP contribution in [0.3, 0.4) is 0 Å². The van der Waals surface area contributed by atoms with Crippen molar-refractivity contribution in [2.45, 2.75) is 41.5 Å². The second-order valence-electron chi connectivity index (χ2n) is 3.82. The Labute approximate surface area is 125 Å². The summed E-state index contributed by atoms with van der Waals surface area (Å²) in [7, 11) is 0. The molecule has 0 aromatic carbocycles. The number of hydrogen-bond acceptors (Lipinski definition) is 0. The Morgan fingerprint density at radius 1 is 0.706 bits per heavy atom. The molecule has 4 heteroatoms. The maximum Gasteiger partial charge on any atom is 0.350 e. The number of rotatable bonds is 6. The zero-order valence-electron chi connectivity index (χ0n) is 12.5. The minimum atomic E-state index is 0. The van der Waals surface area contributed by atoms with E-state index in [1.165, 1.54) is 5.96 Å². The Hall–Kier alpha value is 0. The van der Waals surface area contributed by atoms with Gasteiger partial charge in [-0.25, -0.2) is 0 Å². The number of hydrogen-bond donors (Lipinski definition) is 0. The van der Waals surface area contributed by atoms with Gasteiger partial charge in [0.15, 0.2) is 0 Å². The Kier molecular flexibility index (Phi) is 12.6. The van der Waals surface area contributed by atoms with Gasteiger partial charge in [0, 0.05) is 0 Å². The molecule has 0 aliphatic heterocycles. The fraction of sp³-hybridized carbons (Fsp3) is 0.923. The molecule has 0 atom stereocenters. The van der Waals surface area contributed by atoms with E-state index in [0.717, 1.165) is 39.3 Å². The Balaban J connectivity index is 0. The van der Waals surface area contributed by atoms with E-state index < -0.39 is 0 Å². The molecule has 0 amide bonds. The van der Waals surface area contributed by atoms with E-state index in [1.807, 2.05) is 0 Å². The maximum atomic E-state index is 2.46. The maximum absolute atomic E-state index is 2.46. The van der Waals surface area contributed by atoms with Crippen LogP contribution in [0.1, 0.15) is 41.5 Å². The Morgan fingerprint density at radius 2 is 1.00 bits per heavy atom. The molecule has 0 heterocycles. The monoisotopic (exact) mass is 355 g/mol. The van der Waals surface area contributed by atoms with Crippen molar-refractivity contribution in [1.82, 2.24) is 9.80 Å². The molecule has 0 N–H and O–H groups in total. The lowest BCUT2D eigenvalue weighted by atomic mass is 10.4. The standard InChI is InChI=1S/C13H30N3.HI/c1-7-14(8-2)13(15(9-3)10-4)16(11-5)12-6;/h7-12H2,1-6H3;1H/q+1;/p-1. The van der Waals surface area contributed by atoms with E-state index in [0.29, 0.717) is 0 Å². The van der Waals surface area contributed by atoms with Crippen LogP contribution in [0.25, 0.3) is 0 Å². The van der Waals surface area contributed by atoms with Crippen molar-refractivity contribution in [3.63, 3.8) is 0 Å². The summed E-state index contributed by atoms with van der Waals surface area (Å²) < 4.78 is 2.46. The summed E-state index contributed by atoms with van der Waals surface area (Å²) in [5.74, 6) is 1.40. The van der Waals surface area contributed by atoms with Crippen LogP contribution in [-0.2, 0) is 0 Å². The second kappa shape index (κ2) is 11.1. The predicted octanol–water partition coefficient (Wildman–Crippen LogP) is -0.918. The molecular weight excluding hydrogens is 325 g/mol. The van der Waals surface area contributed by atoms with Crippen molar-refractivity contribution in [3.05, 3.63) is 0 Å². The van der Waals surface area contributed by atoms with Crippen LogP contribution in [-0.4, -0.2) is 59.6 Å². The molecule has 0 aliphatic carbocycles. The fourth-order valence-electron chi connectivity index (χ4n) is 2.12. The molecule has 3 nitrogen and oxygen atoms in total. The Bertz CT molecular complexity index is 189. The van der Waals surface area contributed by atoms with Crippen LogP contribution in [0.4, 0.5) is 0 Å². The van der Waals surface area contributed by atoms with Crippen molar-refractivity contribution >= 4 is 5.96 Å². The first-order valence-corrected chi connectivity index (χ1v) is 6.81. The molecule has 0 saturated carbocycles. The van der Waals surface area contributed by atoms with Gasteiger partial charge in [-0.3, -0.25) is 14.4 Å². The van der Waals surface area contributed by atoms with E-state index in [9.17, 15) is 0 Å². The molecule has 0 aromatic heterocycles. The van der Waals surface area contributed by atoms with Crippen molar-refractivity contribution in [2.24, 2.45) is 0 Å². The highest BCUT2D eigenvalue weighted by Gasteiger charge is 2.24. The minimum Gasteiger partial charge on any atom is -1.00 e. The van der Waals surface area contributed by atoms with Gasteiger partial charge < -0.3 is 24.0 Å². The lowest BCUT2D eigenvalue weighted by Crippen LogP contribution is -3.00. The van der Waals surface area contributed by atoms with Gasteiger partial charge in [-0.05, 0) is 41.5 Å². The molecule has 0 saturated heterocycles. The van der Waals surface area contributed by atoms with Gasteiger partial charge in [-0.15, -0.1) is 0 Å². The molecule has 17 heavy (non-hydrogen) atoms. The largest absolute Gasteiger partial charge is 1.00 e. The highest BCUT2D eigenvalue weighted by molar-refractivity contribution is 5.75. The molecule has 0 bridgehead atoms. The zero-order valence-corrected chi connectivity index (χ0v) is 14.6. The molecule has 0 rings (SSSR count). The highest BCUT2D eigenvalue weighted by Crippen LogP contribution is 2.00. The van der Waals surface area contributed by atoms with Crippen LogP contribution in [0, 0.1) is 0 Å². The van der Waals surface area contributed by atoms with Crippen LogP contribution >= 0.6 is 0 Å². The van der Waals surface area contributed by atoms with Crippen molar-refractivity contribution in [1.29, 1.82) is 0 Å². The van der Waals surface area contributed by atoms with Crippen molar-refractivity contribution in [3.8, 4) is 0 Å². The first-order chi connectivity index (χ1) is 7.69. The molecule has 0 aliphatic rings. The molecule has 0 fully saturated rings. The van der Waals surface area contributed by atoms with Crippen LogP contribution < -0.4 is 24.0 Å². The second-order valence-corrected chi connectivity index (χ2v) is 3.82. The average Bonchev–Trinajstić information content (AvgIpc) is 2.33. The van der Waals surface area contributed by atoms with Gasteiger partial charge in [-0.1, -0.05) is 0 Å². The number of halogens is 1. The Morgan fingerprint density at radius 3 is 1.18 bits per heavy atom. The fourth-order valence-corrected chi connectivity index (χ4v) is 2.12. The van der Waals surface area contributed by atoms with E-state index in [1.54, 1.807) is 0 Å². The molecule has 0 aromatic rings. The van der Waals surface area contributed by atoms with Crippen molar-refractivity contribution < 1.29 is 28.6 Å². The van der Waals surface area contributed by atoms with Crippen molar-refractivity contribution in [2.75, 3.05) is 39.3 Å². The minimum absolute atomic E-state index is 0. The molecule has 0 radical (unpaired) electrons. The summed E-state index contributed by atoms with van der Waals surface area (Å²) in [6, 6.07) is 0. The highest BCUT2D eigenvalue weighted by atomic mass is 127. The van der Waals surface area contributed by atoms with E-state index >= 15 is 0 Å². The SMILES string of the molecule is CCN(CC)C(N(CC)CC)=[N+](CC)CC.[I-]. The van der Waals surface area contributed by atoms with E-state index in [4.69, 9.17) is 0 Å². The summed E-state index contributed by atoms with van der Waals surface area (Å²) in [4.78, 5) is 4.92. The van der Waals surface area contributed by atoms with Gasteiger partial charge in [0.2, 0.25) is 0 Å². The quantitative estimate of drug-likeness (QED) is 0.264. The lowest BCUT2D eigenvalue weighted by Gasteiger charge is -2.27. The van der Waals surface area contributed by atoms with Gasteiger partial charge in [0.1, 0.15) is 0 Å². The third kappa shape index (κ3) is 5.44. The first-order valence-electron chi connectivity index (χ1n) is 6.81. The van der Waals surface area contributed by atoms with Crippen LogP contribution in [0.5, 0.6) is 0 Å². The predicted molar refractivity (Wildman–Crippen MR) is 72.2 cm³/mol. The van der Waals surface area contributed by atoms with Gasteiger partial charge in [-0.2, -0.15) is 0 Å². The number of nitrogens with zero attached hydrogens (tertiary/aromatic N) is 3. The molecule has 104 valence electrons. The normalized spacial score (nSPS) is 9.53. The van der Waals surface area contributed by atoms with E-state index in [-0.39, 0.29) is 24.0 Å². The lowest BCUT2D eigenvalue weighted by molar-refractivity contribution is -0.531. The van der Waals surface area contributed by atoms with Gasteiger partial charge in [0.05, 0.1) is 39.3 Å².